The average molecular weight is 514 g/mol. The highest BCUT2D eigenvalue weighted by molar-refractivity contribution is 7.80. The summed E-state index contributed by atoms with van der Waals surface area (Å²) in [5.41, 5.74) is 9.22. The molecule has 0 radical (unpaired) electrons. The van der Waals surface area contributed by atoms with E-state index >= 15 is 0 Å². The maximum absolute atomic E-state index is 12.7. The number of nitrogen functional groups attached to an aromatic ring is 1. The van der Waals surface area contributed by atoms with Crippen molar-refractivity contribution < 1.29 is 23.9 Å². The van der Waals surface area contributed by atoms with E-state index in [9.17, 15) is 14.4 Å². The van der Waals surface area contributed by atoms with Crippen molar-refractivity contribution in [2.75, 3.05) is 18.9 Å². The molecule has 11 heteroatoms. The van der Waals surface area contributed by atoms with Crippen molar-refractivity contribution in [3.63, 3.8) is 0 Å². The number of nitrogens with two attached hydrogens (primary N) is 1. The number of aromatic amines is 1. The Hall–Kier alpha value is -3.60. The normalized spacial score (nSPS) is 11.8. The van der Waals surface area contributed by atoms with Crippen LogP contribution in [0.15, 0.2) is 35.6 Å². The second-order valence-electron chi connectivity index (χ2n) is 8.12. The number of hydrogen-bond acceptors (Lipinski definition) is 9. The van der Waals surface area contributed by atoms with Crippen LogP contribution in [0.5, 0.6) is 0 Å². The number of nitrogens with zero attached hydrogens (tertiary/aromatic N) is 2. The van der Waals surface area contributed by atoms with Gasteiger partial charge in [-0.2, -0.15) is 0 Å². The van der Waals surface area contributed by atoms with E-state index in [2.05, 4.69) is 32.9 Å². The van der Waals surface area contributed by atoms with Crippen LogP contribution >= 0.6 is 12.6 Å². The molecule has 0 saturated heterocycles. The summed E-state index contributed by atoms with van der Waals surface area (Å²) >= 11 is 4.15. The Labute approximate surface area is 214 Å². The Balaban J connectivity index is 1.56. The molecule has 3 rings (SSSR count). The van der Waals surface area contributed by atoms with Gasteiger partial charge in [0.25, 0.3) is 5.91 Å². The van der Waals surface area contributed by atoms with E-state index in [1.165, 1.54) is 0 Å². The number of benzene rings is 1. The van der Waals surface area contributed by atoms with Crippen molar-refractivity contribution in [3.8, 4) is 0 Å². The van der Waals surface area contributed by atoms with Gasteiger partial charge < -0.3 is 25.5 Å². The highest BCUT2D eigenvalue weighted by Crippen LogP contribution is 2.24. The van der Waals surface area contributed by atoms with Crippen LogP contribution in [0.1, 0.15) is 54.6 Å². The first-order valence-corrected chi connectivity index (χ1v) is 12.3. The van der Waals surface area contributed by atoms with E-state index in [0.29, 0.717) is 22.2 Å². The van der Waals surface area contributed by atoms with Crippen LogP contribution < -0.4 is 11.1 Å². The molecule has 0 aliphatic carbocycles. The number of carbonyl (C=O) groups excluding carboxylic acids is 3. The molecule has 4 N–H and O–H groups in total. The van der Waals surface area contributed by atoms with Gasteiger partial charge in [0.05, 0.1) is 18.6 Å². The monoisotopic (exact) mass is 513 g/mol. The first kappa shape index (κ1) is 27.0. The van der Waals surface area contributed by atoms with Crippen molar-refractivity contribution >= 4 is 47.3 Å². The van der Waals surface area contributed by atoms with Gasteiger partial charge in [-0.25, -0.2) is 14.8 Å². The second-order valence-corrected chi connectivity index (χ2v) is 8.52. The number of fused-ring (bicyclic) bond motifs is 1. The molecule has 0 saturated carbocycles. The molecular formula is C25H31N5O5S. The molecule has 0 fully saturated rings. The molecule has 10 nitrogen and oxygen atoms in total. The summed E-state index contributed by atoms with van der Waals surface area (Å²) in [7, 11) is 0. The summed E-state index contributed by atoms with van der Waals surface area (Å²) < 4.78 is 9.94. The largest absolute Gasteiger partial charge is 0.466 e. The standard InChI is InChI=1S/C25H31N5O5S/c1-3-34-19(31)13-12-18(24(33)35-4-2)28-23(32)16-10-8-15(9-11-16)6-5-7-17-14-27-22-20(17)21(26)29-25(36)30-22/h8-11,14,18H,3-7,12-13H2,1-2H3,(H,28,32)(H4,26,27,29,30,36)/t18-/m0/s1. The zero-order valence-electron chi connectivity index (χ0n) is 20.4. The van der Waals surface area contributed by atoms with Gasteiger partial charge >= 0.3 is 11.9 Å². The number of H-pyrrole nitrogens is 1. The Kier molecular flexibility index (Phi) is 9.69. The summed E-state index contributed by atoms with van der Waals surface area (Å²) in [6, 6.07) is 6.25. The molecule has 0 spiro atoms. The van der Waals surface area contributed by atoms with Gasteiger partial charge in [-0.15, -0.1) is 12.6 Å². The molecule has 0 aliphatic rings. The highest BCUT2D eigenvalue weighted by atomic mass is 32.1. The van der Waals surface area contributed by atoms with E-state index in [-0.39, 0.29) is 26.1 Å². The van der Waals surface area contributed by atoms with Gasteiger partial charge in [-0.05, 0) is 62.8 Å². The maximum atomic E-state index is 12.7. The predicted molar refractivity (Wildman–Crippen MR) is 138 cm³/mol. The molecule has 0 unspecified atom stereocenters. The Bertz CT molecular complexity index is 1210. The topological polar surface area (TPSA) is 149 Å². The Morgan fingerprint density at radius 2 is 1.81 bits per heavy atom. The minimum absolute atomic E-state index is 0.000543. The van der Waals surface area contributed by atoms with Crippen molar-refractivity contribution in [2.24, 2.45) is 0 Å². The summed E-state index contributed by atoms with van der Waals surface area (Å²) in [5, 5.41) is 3.81. The van der Waals surface area contributed by atoms with Gasteiger partial charge in [0.1, 0.15) is 17.5 Å². The number of amides is 1. The molecule has 1 aromatic carbocycles. The fourth-order valence-corrected chi connectivity index (χ4v) is 4.05. The highest BCUT2D eigenvalue weighted by Gasteiger charge is 2.24. The average Bonchev–Trinajstić information content (AvgIpc) is 3.25. The third-order valence-corrected chi connectivity index (χ3v) is 5.78. The Morgan fingerprint density at radius 1 is 1.08 bits per heavy atom. The summed E-state index contributed by atoms with van der Waals surface area (Å²) in [6.07, 6.45) is 4.42. The summed E-state index contributed by atoms with van der Waals surface area (Å²) in [6.45, 7) is 3.81. The minimum Gasteiger partial charge on any atom is -0.466 e. The van der Waals surface area contributed by atoms with Gasteiger partial charge in [-0.1, -0.05) is 12.1 Å². The van der Waals surface area contributed by atoms with Crippen LogP contribution in [0, 0.1) is 0 Å². The van der Waals surface area contributed by atoms with Crippen molar-refractivity contribution in [2.45, 2.75) is 57.1 Å². The van der Waals surface area contributed by atoms with E-state index in [1.807, 2.05) is 18.3 Å². The van der Waals surface area contributed by atoms with Gasteiger partial charge in [0, 0.05) is 18.2 Å². The molecule has 36 heavy (non-hydrogen) atoms. The van der Waals surface area contributed by atoms with E-state index in [0.717, 1.165) is 35.8 Å². The number of esters is 2. The molecular weight excluding hydrogens is 482 g/mol. The molecule has 1 atom stereocenters. The zero-order valence-corrected chi connectivity index (χ0v) is 21.3. The molecule has 3 aromatic rings. The van der Waals surface area contributed by atoms with Gasteiger partial charge in [0.15, 0.2) is 5.16 Å². The van der Waals surface area contributed by atoms with Gasteiger partial charge in [-0.3, -0.25) is 9.59 Å². The smallest absolute Gasteiger partial charge is 0.328 e. The SMILES string of the molecule is CCOC(=O)CC[C@H](NC(=O)c1ccc(CCCc2c[nH]c3nc(S)nc(N)c23)cc1)C(=O)OCC. The van der Waals surface area contributed by atoms with E-state index < -0.39 is 23.9 Å². The van der Waals surface area contributed by atoms with Crippen LogP contribution in [-0.2, 0) is 31.9 Å². The lowest BCUT2D eigenvalue weighted by molar-refractivity contribution is -0.146. The maximum Gasteiger partial charge on any atom is 0.328 e. The molecule has 2 aromatic heterocycles. The number of nitrogens with one attached hydrogen (secondary N) is 2. The van der Waals surface area contributed by atoms with Crippen molar-refractivity contribution in [1.29, 1.82) is 0 Å². The number of aryl methyl sites for hydroxylation is 2. The molecule has 0 bridgehead atoms. The van der Waals surface area contributed by atoms with Crippen LogP contribution in [0.3, 0.4) is 0 Å². The number of hydrogen-bond donors (Lipinski definition) is 4. The number of anilines is 1. The number of carbonyl (C=O) groups is 3. The lowest BCUT2D eigenvalue weighted by Crippen LogP contribution is -2.42. The summed E-state index contributed by atoms with van der Waals surface area (Å²) in [5.74, 6) is -1.03. The van der Waals surface area contributed by atoms with Crippen LogP contribution in [0.4, 0.5) is 5.82 Å². The number of thiol groups is 1. The molecule has 192 valence electrons. The first-order chi connectivity index (χ1) is 17.3. The third kappa shape index (κ3) is 7.20. The van der Waals surface area contributed by atoms with E-state index in [4.69, 9.17) is 15.2 Å². The number of aromatic nitrogens is 3. The zero-order chi connectivity index (χ0) is 26.1. The van der Waals surface area contributed by atoms with Crippen LogP contribution in [0.25, 0.3) is 11.0 Å². The van der Waals surface area contributed by atoms with Crippen molar-refractivity contribution in [1.82, 2.24) is 20.3 Å². The fraction of sp³-hybridized carbons (Fsp3) is 0.400. The molecule has 2 heterocycles. The predicted octanol–water partition coefficient (Wildman–Crippen LogP) is 3.01. The van der Waals surface area contributed by atoms with Crippen LogP contribution in [0.2, 0.25) is 0 Å². The number of ether oxygens (including phenoxy) is 2. The third-order valence-electron chi connectivity index (χ3n) is 5.58. The quantitative estimate of drug-likeness (QED) is 0.164. The summed E-state index contributed by atoms with van der Waals surface area (Å²) in [4.78, 5) is 48.1. The fourth-order valence-electron chi connectivity index (χ4n) is 3.85. The lowest BCUT2D eigenvalue weighted by Gasteiger charge is -2.17. The van der Waals surface area contributed by atoms with E-state index in [1.54, 1.807) is 26.0 Å². The van der Waals surface area contributed by atoms with Gasteiger partial charge in [0.2, 0.25) is 0 Å². The first-order valence-electron chi connectivity index (χ1n) is 11.9. The minimum atomic E-state index is -0.937. The van der Waals surface area contributed by atoms with Crippen molar-refractivity contribution in [3.05, 3.63) is 47.2 Å². The Morgan fingerprint density at radius 3 is 2.50 bits per heavy atom. The lowest BCUT2D eigenvalue weighted by atomic mass is 10.0. The molecule has 0 aliphatic heterocycles. The molecule has 1 amide bonds. The second kappa shape index (κ2) is 12.9. The number of rotatable bonds is 12. The van der Waals surface area contributed by atoms with Crippen LogP contribution in [-0.4, -0.2) is 52.1 Å².